The van der Waals surface area contributed by atoms with Crippen LogP contribution < -0.4 is 8.92 Å². The molecule has 0 radical (unpaired) electrons. The first-order valence-corrected chi connectivity index (χ1v) is 8.45. The fourth-order valence-electron chi connectivity index (χ4n) is 2.17. The molecule has 0 aromatic heterocycles. The fourth-order valence-corrected chi connectivity index (χ4v) is 4.03. The van der Waals surface area contributed by atoms with Gasteiger partial charge >= 0.3 is 137 Å². The first-order chi connectivity index (χ1) is 11.1. The van der Waals surface area contributed by atoms with Crippen LogP contribution in [0.15, 0.2) is 60.7 Å². The molecule has 0 aliphatic heterocycles. The van der Waals surface area contributed by atoms with E-state index in [1.165, 1.54) is 12.1 Å². The Morgan fingerprint density at radius 3 is 1.57 bits per heavy atom. The fraction of sp³-hybridized carbons (Fsp3) is 0. The van der Waals surface area contributed by atoms with Crippen LogP contribution in [-0.2, 0) is 0 Å². The van der Waals surface area contributed by atoms with E-state index in [4.69, 9.17) is 0 Å². The zero-order valence-corrected chi connectivity index (χ0v) is 13.4. The Bertz CT molecular complexity index is 804. The van der Waals surface area contributed by atoms with Crippen LogP contribution in [0.2, 0.25) is 0 Å². The van der Waals surface area contributed by atoms with Gasteiger partial charge in [-0.25, -0.2) is 0 Å². The molecule has 5 heteroatoms. The Morgan fingerprint density at radius 1 is 0.565 bits per heavy atom. The summed E-state index contributed by atoms with van der Waals surface area (Å²) in [5.41, 5.74) is -0.577. The second kappa shape index (κ2) is 6.57. The van der Waals surface area contributed by atoms with Crippen LogP contribution in [0.1, 0.15) is 0 Å². The first-order valence-electron chi connectivity index (χ1n) is 6.74. The van der Waals surface area contributed by atoms with Crippen molar-refractivity contribution >= 4 is 23.9 Å². The average Bonchev–Trinajstić information content (AvgIpc) is 2.59. The van der Waals surface area contributed by atoms with Crippen LogP contribution in [0.3, 0.4) is 0 Å². The summed E-state index contributed by atoms with van der Waals surface area (Å²) in [6, 6.07) is 16.1. The van der Waals surface area contributed by atoms with Crippen LogP contribution in [0, 0.1) is 23.3 Å². The van der Waals surface area contributed by atoms with Gasteiger partial charge in [0.1, 0.15) is 0 Å². The SMILES string of the molecule is Fc1c(F)c(-c2ccccc2)c(F)c(F)c1[Se]c1ccccc1. The van der Waals surface area contributed by atoms with Crippen molar-refractivity contribution in [2.75, 3.05) is 0 Å². The summed E-state index contributed by atoms with van der Waals surface area (Å²) in [5, 5.41) is 0. The molecule has 0 aliphatic rings. The van der Waals surface area contributed by atoms with E-state index in [-0.39, 0.29) is 5.56 Å². The predicted molar refractivity (Wildman–Crippen MR) is 83.2 cm³/mol. The summed E-state index contributed by atoms with van der Waals surface area (Å²) in [4.78, 5) is 0. The Balaban J connectivity index is 2.14. The molecule has 3 aromatic rings. The number of rotatable bonds is 3. The molecular weight excluding hydrogens is 371 g/mol. The van der Waals surface area contributed by atoms with Crippen molar-refractivity contribution in [2.24, 2.45) is 0 Å². The zero-order valence-electron chi connectivity index (χ0n) is 11.7. The molecule has 0 N–H and O–H groups in total. The van der Waals surface area contributed by atoms with Crippen molar-refractivity contribution in [3.63, 3.8) is 0 Å². The number of hydrogen-bond acceptors (Lipinski definition) is 0. The minimum atomic E-state index is -1.36. The van der Waals surface area contributed by atoms with Crippen molar-refractivity contribution in [3.05, 3.63) is 83.9 Å². The summed E-state index contributed by atoms with van der Waals surface area (Å²) in [7, 11) is 0. The minimum absolute atomic E-state index is 0.0964. The molecule has 0 nitrogen and oxygen atoms in total. The molecule has 0 unspecified atom stereocenters. The van der Waals surface area contributed by atoms with Gasteiger partial charge in [-0.2, -0.15) is 0 Å². The third-order valence-electron chi connectivity index (χ3n) is 3.25. The average molecular weight is 381 g/mol. The van der Waals surface area contributed by atoms with Crippen LogP contribution in [0.4, 0.5) is 17.6 Å². The van der Waals surface area contributed by atoms with Gasteiger partial charge in [-0.15, -0.1) is 0 Å². The van der Waals surface area contributed by atoms with Gasteiger partial charge in [0.15, 0.2) is 0 Å². The maximum absolute atomic E-state index is 14.3. The van der Waals surface area contributed by atoms with E-state index in [2.05, 4.69) is 0 Å². The van der Waals surface area contributed by atoms with Gasteiger partial charge in [0.2, 0.25) is 0 Å². The molecule has 0 bridgehead atoms. The molecule has 0 saturated carbocycles. The van der Waals surface area contributed by atoms with Crippen LogP contribution in [0.5, 0.6) is 0 Å². The van der Waals surface area contributed by atoms with E-state index >= 15 is 0 Å². The molecule has 3 rings (SSSR count). The van der Waals surface area contributed by atoms with E-state index in [1.54, 1.807) is 48.5 Å². The Hall–Kier alpha value is -2.10. The molecule has 3 aromatic carbocycles. The Morgan fingerprint density at radius 2 is 1.04 bits per heavy atom. The summed E-state index contributed by atoms with van der Waals surface area (Å²) in [6.45, 7) is 0. The first kappa shape index (κ1) is 15.8. The summed E-state index contributed by atoms with van der Waals surface area (Å²) >= 11 is -0.869. The molecule has 0 fully saturated rings. The van der Waals surface area contributed by atoms with Crippen LogP contribution in [-0.4, -0.2) is 15.0 Å². The number of hydrogen-bond donors (Lipinski definition) is 0. The third kappa shape index (κ3) is 3.03. The van der Waals surface area contributed by atoms with Gasteiger partial charge in [0.25, 0.3) is 0 Å². The molecule has 0 amide bonds. The quantitative estimate of drug-likeness (QED) is 0.370. The van der Waals surface area contributed by atoms with E-state index < -0.39 is 48.3 Å². The van der Waals surface area contributed by atoms with Crippen molar-refractivity contribution in [1.29, 1.82) is 0 Å². The van der Waals surface area contributed by atoms with Gasteiger partial charge < -0.3 is 0 Å². The van der Waals surface area contributed by atoms with E-state index in [0.717, 1.165) is 0 Å². The van der Waals surface area contributed by atoms with Crippen molar-refractivity contribution in [3.8, 4) is 11.1 Å². The molecule has 116 valence electrons. The Labute approximate surface area is 136 Å². The van der Waals surface area contributed by atoms with Gasteiger partial charge in [0, 0.05) is 0 Å². The molecule has 0 saturated heterocycles. The van der Waals surface area contributed by atoms with Gasteiger partial charge in [-0.1, -0.05) is 0 Å². The van der Waals surface area contributed by atoms with Crippen molar-refractivity contribution < 1.29 is 17.6 Å². The normalized spacial score (nSPS) is 10.8. The second-order valence-corrected chi connectivity index (χ2v) is 7.02. The molecule has 0 atom stereocenters. The van der Waals surface area contributed by atoms with Gasteiger partial charge in [-0.3, -0.25) is 0 Å². The van der Waals surface area contributed by atoms with Crippen molar-refractivity contribution in [1.82, 2.24) is 0 Å². The predicted octanol–water partition coefficient (Wildman–Crippen LogP) is 3.57. The standard InChI is InChI=1S/C18H10F4Se/c19-14-13(11-7-3-1-4-8-11)15(20)17(22)18(16(14)21)23-12-9-5-2-6-10-12/h1-10H. The zero-order chi connectivity index (χ0) is 16.4. The topological polar surface area (TPSA) is 0 Å². The third-order valence-corrected chi connectivity index (χ3v) is 5.49. The van der Waals surface area contributed by atoms with Gasteiger partial charge in [0.05, 0.1) is 0 Å². The van der Waals surface area contributed by atoms with Gasteiger partial charge in [-0.05, 0) is 0 Å². The molecule has 0 aliphatic carbocycles. The van der Waals surface area contributed by atoms with Crippen LogP contribution >= 0.6 is 0 Å². The monoisotopic (exact) mass is 382 g/mol. The second-order valence-electron chi connectivity index (χ2n) is 4.74. The van der Waals surface area contributed by atoms with E-state index in [0.29, 0.717) is 4.46 Å². The Kier molecular flexibility index (Phi) is 4.51. The van der Waals surface area contributed by atoms with Crippen molar-refractivity contribution in [2.45, 2.75) is 0 Å². The van der Waals surface area contributed by atoms with E-state index in [9.17, 15) is 17.6 Å². The molecule has 0 heterocycles. The number of halogens is 4. The van der Waals surface area contributed by atoms with E-state index in [1.807, 2.05) is 0 Å². The molecular formula is C18H10F4Se. The summed E-state index contributed by atoms with van der Waals surface area (Å²) in [5.74, 6) is -5.37. The maximum atomic E-state index is 14.3. The summed E-state index contributed by atoms with van der Waals surface area (Å²) in [6.07, 6.45) is 0. The molecule has 23 heavy (non-hydrogen) atoms. The van der Waals surface area contributed by atoms with Crippen LogP contribution in [0.25, 0.3) is 11.1 Å². The summed E-state index contributed by atoms with van der Waals surface area (Å²) < 4.78 is 57.3. The number of benzene rings is 3. The molecule has 0 spiro atoms.